The van der Waals surface area contributed by atoms with E-state index in [1.165, 1.54) is 24.4 Å². The average Bonchev–Trinajstić information content (AvgIpc) is 2.28. The molecule has 6 heteroatoms. The number of carbonyl (C=O) groups excluding carboxylic acids is 1. The fraction of sp³-hybridized carbons (Fsp3) is 0. The van der Waals surface area contributed by atoms with Crippen molar-refractivity contribution in [1.29, 1.82) is 0 Å². The molecule has 5 nitrogen and oxygen atoms in total. The number of hydrogen-bond acceptors (Lipinski definition) is 4. The van der Waals surface area contributed by atoms with Crippen molar-refractivity contribution in [2.24, 2.45) is 5.73 Å². The fourth-order valence-electron chi connectivity index (χ4n) is 1.36. The van der Waals surface area contributed by atoms with Gasteiger partial charge in [0, 0.05) is 24.0 Å². The van der Waals surface area contributed by atoms with Crippen molar-refractivity contribution in [3.63, 3.8) is 0 Å². The smallest absolute Gasteiger partial charge is 0.251 e. The summed E-state index contributed by atoms with van der Waals surface area (Å²) in [4.78, 5) is 14.8. The third-order valence-corrected chi connectivity index (χ3v) is 2.19. The van der Waals surface area contributed by atoms with Gasteiger partial charge < -0.3 is 16.2 Å². The fourth-order valence-corrected chi connectivity index (χ4v) is 1.36. The molecule has 0 spiro atoms. The number of pyridine rings is 1. The highest BCUT2D eigenvalue weighted by Crippen LogP contribution is 2.22. The van der Waals surface area contributed by atoms with E-state index < -0.39 is 11.7 Å². The molecule has 1 aromatic heterocycles. The molecule has 1 heterocycles. The lowest BCUT2D eigenvalue weighted by Crippen LogP contribution is -2.12. The van der Waals surface area contributed by atoms with Crippen LogP contribution in [-0.4, -0.2) is 10.9 Å². The largest absolute Gasteiger partial charge is 0.439 e. The summed E-state index contributed by atoms with van der Waals surface area (Å²) < 4.78 is 18.7. The SMILES string of the molecule is NC(=O)c1ccc(Oc2cc(N)ccn2)cc1F. The number of nitrogen functional groups attached to an aromatic ring is 1. The summed E-state index contributed by atoms with van der Waals surface area (Å²) in [5.74, 6) is -1.14. The highest BCUT2D eigenvalue weighted by molar-refractivity contribution is 5.93. The van der Waals surface area contributed by atoms with Crippen LogP contribution in [0.25, 0.3) is 0 Å². The molecule has 0 saturated carbocycles. The molecule has 0 unspecified atom stereocenters. The van der Waals surface area contributed by atoms with Crippen LogP contribution in [0.2, 0.25) is 0 Å². The molecule has 2 aromatic rings. The number of nitrogens with two attached hydrogens (primary N) is 2. The Morgan fingerprint density at radius 2 is 2.06 bits per heavy atom. The maximum Gasteiger partial charge on any atom is 0.251 e. The van der Waals surface area contributed by atoms with Crippen molar-refractivity contribution < 1.29 is 13.9 Å². The van der Waals surface area contributed by atoms with Gasteiger partial charge in [-0.15, -0.1) is 0 Å². The molecule has 0 saturated heterocycles. The molecule has 0 aliphatic carbocycles. The van der Waals surface area contributed by atoms with E-state index in [1.807, 2.05) is 0 Å². The van der Waals surface area contributed by atoms with Crippen molar-refractivity contribution in [1.82, 2.24) is 4.98 Å². The number of carbonyl (C=O) groups is 1. The lowest BCUT2D eigenvalue weighted by molar-refractivity contribution is 0.0996. The number of ether oxygens (including phenoxy) is 1. The van der Waals surface area contributed by atoms with Gasteiger partial charge in [0.15, 0.2) is 0 Å². The molecule has 0 aliphatic heterocycles. The van der Waals surface area contributed by atoms with Crippen molar-refractivity contribution in [3.8, 4) is 11.6 Å². The minimum atomic E-state index is -0.832. The summed E-state index contributed by atoms with van der Waals surface area (Å²) >= 11 is 0. The first-order chi connectivity index (χ1) is 8.56. The first-order valence-electron chi connectivity index (χ1n) is 5.05. The van der Waals surface area contributed by atoms with Gasteiger partial charge in [-0.05, 0) is 18.2 Å². The van der Waals surface area contributed by atoms with Crippen LogP contribution >= 0.6 is 0 Å². The molecule has 0 fully saturated rings. The second-order valence-corrected chi connectivity index (χ2v) is 3.54. The number of anilines is 1. The zero-order valence-corrected chi connectivity index (χ0v) is 9.26. The number of amides is 1. The number of hydrogen-bond donors (Lipinski definition) is 2. The predicted molar refractivity (Wildman–Crippen MR) is 63.6 cm³/mol. The maximum atomic E-state index is 13.5. The second-order valence-electron chi connectivity index (χ2n) is 3.54. The van der Waals surface area contributed by atoms with Crippen LogP contribution in [0.5, 0.6) is 11.6 Å². The molecular formula is C12H10FN3O2. The van der Waals surface area contributed by atoms with Gasteiger partial charge in [-0.25, -0.2) is 9.37 Å². The first-order valence-corrected chi connectivity index (χ1v) is 5.05. The first kappa shape index (κ1) is 11.8. The molecule has 1 amide bonds. The maximum absolute atomic E-state index is 13.5. The van der Waals surface area contributed by atoms with E-state index in [-0.39, 0.29) is 17.2 Å². The Morgan fingerprint density at radius 1 is 1.28 bits per heavy atom. The molecule has 0 aliphatic rings. The van der Waals surface area contributed by atoms with Crippen LogP contribution in [0.15, 0.2) is 36.5 Å². The second kappa shape index (κ2) is 4.70. The molecule has 1 aromatic carbocycles. The van der Waals surface area contributed by atoms with Gasteiger partial charge in [-0.1, -0.05) is 0 Å². The van der Waals surface area contributed by atoms with Crippen molar-refractivity contribution in [2.75, 3.05) is 5.73 Å². The number of halogens is 1. The average molecular weight is 247 g/mol. The van der Waals surface area contributed by atoms with E-state index in [4.69, 9.17) is 16.2 Å². The minimum absolute atomic E-state index is 0.192. The number of rotatable bonds is 3. The standard InChI is InChI=1S/C12H10FN3O2/c13-10-6-8(1-2-9(10)12(15)17)18-11-5-7(14)3-4-16-11/h1-6H,(H2,14,16)(H2,15,17). The molecule has 0 radical (unpaired) electrons. The highest BCUT2D eigenvalue weighted by Gasteiger charge is 2.09. The van der Waals surface area contributed by atoms with E-state index in [0.29, 0.717) is 5.69 Å². The van der Waals surface area contributed by atoms with E-state index in [0.717, 1.165) is 6.07 Å². The molecule has 4 N–H and O–H groups in total. The quantitative estimate of drug-likeness (QED) is 0.863. The number of aromatic nitrogens is 1. The molecular weight excluding hydrogens is 237 g/mol. The third kappa shape index (κ3) is 2.54. The lowest BCUT2D eigenvalue weighted by Gasteiger charge is -2.06. The number of primary amides is 1. The van der Waals surface area contributed by atoms with Gasteiger partial charge in [-0.3, -0.25) is 4.79 Å². The van der Waals surface area contributed by atoms with Crippen LogP contribution in [0.3, 0.4) is 0 Å². The van der Waals surface area contributed by atoms with Crippen LogP contribution < -0.4 is 16.2 Å². The Labute approximate surface area is 102 Å². The van der Waals surface area contributed by atoms with E-state index in [1.54, 1.807) is 6.07 Å². The summed E-state index contributed by atoms with van der Waals surface area (Å²) in [7, 11) is 0. The Morgan fingerprint density at radius 3 is 2.67 bits per heavy atom. The summed E-state index contributed by atoms with van der Waals surface area (Å²) in [5.41, 5.74) is 10.8. The summed E-state index contributed by atoms with van der Waals surface area (Å²) in [6.07, 6.45) is 1.47. The van der Waals surface area contributed by atoms with E-state index >= 15 is 0 Å². The van der Waals surface area contributed by atoms with Gasteiger partial charge in [0.1, 0.15) is 11.6 Å². The minimum Gasteiger partial charge on any atom is -0.439 e. The molecule has 18 heavy (non-hydrogen) atoms. The Bertz CT molecular complexity index is 602. The van der Waals surface area contributed by atoms with Crippen LogP contribution in [0.4, 0.5) is 10.1 Å². The van der Waals surface area contributed by atoms with Crippen LogP contribution in [0.1, 0.15) is 10.4 Å². The van der Waals surface area contributed by atoms with Gasteiger partial charge in [0.25, 0.3) is 5.91 Å². The lowest BCUT2D eigenvalue weighted by atomic mass is 10.2. The van der Waals surface area contributed by atoms with Crippen molar-refractivity contribution in [2.45, 2.75) is 0 Å². The normalized spacial score (nSPS) is 10.1. The van der Waals surface area contributed by atoms with Crippen LogP contribution in [-0.2, 0) is 0 Å². The Hall–Kier alpha value is -2.63. The summed E-state index contributed by atoms with van der Waals surface area (Å²) in [6, 6.07) is 6.84. The van der Waals surface area contributed by atoms with E-state index in [2.05, 4.69) is 4.98 Å². The predicted octanol–water partition coefficient (Wildman–Crippen LogP) is 1.69. The highest BCUT2D eigenvalue weighted by atomic mass is 19.1. The molecule has 2 rings (SSSR count). The van der Waals surface area contributed by atoms with Crippen LogP contribution in [0, 0.1) is 5.82 Å². The Balaban J connectivity index is 2.25. The van der Waals surface area contributed by atoms with Gasteiger partial charge in [0.2, 0.25) is 5.88 Å². The third-order valence-electron chi connectivity index (χ3n) is 2.19. The number of benzene rings is 1. The topological polar surface area (TPSA) is 91.2 Å². The monoisotopic (exact) mass is 247 g/mol. The summed E-state index contributed by atoms with van der Waals surface area (Å²) in [5, 5.41) is 0. The van der Waals surface area contributed by atoms with Gasteiger partial charge in [-0.2, -0.15) is 0 Å². The van der Waals surface area contributed by atoms with Crippen molar-refractivity contribution in [3.05, 3.63) is 47.9 Å². The zero-order chi connectivity index (χ0) is 13.1. The molecule has 0 atom stereocenters. The van der Waals surface area contributed by atoms with Gasteiger partial charge >= 0.3 is 0 Å². The molecule has 92 valence electrons. The van der Waals surface area contributed by atoms with Crippen molar-refractivity contribution >= 4 is 11.6 Å². The summed E-state index contributed by atoms with van der Waals surface area (Å²) in [6.45, 7) is 0. The van der Waals surface area contributed by atoms with E-state index in [9.17, 15) is 9.18 Å². The molecule has 0 bridgehead atoms. The zero-order valence-electron chi connectivity index (χ0n) is 9.26. The van der Waals surface area contributed by atoms with Gasteiger partial charge in [0.05, 0.1) is 5.56 Å². The number of nitrogens with zero attached hydrogens (tertiary/aromatic N) is 1. The Kier molecular flexibility index (Phi) is 3.09.